The van der Waals surface area contributed by atoms with Gasteiger partial charge in [-0.15, -0.1) is 0 Å². The molecule has 3 saturated heterocycles. The predicted octanol–water partition coefficient (Wildman–Crippen LogP) is 1.84. The van der Waals surface area contributed by atoms with Crippen molar-refractivity contribution < 1.29 is 35.1 Å². The van der Waals surface area contributed by atoms with Crippen LogP contribution < -0.4 is 5.73 Å². The molecule has 4 rings (SSSR count). The van der Waals surface area contributed by atoms with Crippen LogP contribution in [-0.4, -0.2) is 68.0 Å². The van der Waals surface area contributed by atoms with E-state index in [0.717, 1.165) is 18.2 Å². The zero-order chi connectivity index (χ0) is 21.8. The fraction of sp³-hybridized carbons (Fsp3) is 0.667. The Morgan fingerprint density at radius 1 is 1.07 bits per heavy atom. The van der Waals surface area contributed by atoms with Crippen LogP contribution in [0.1, 0.15) is 18.1 Å². The number of fused-ring (bicyclic) bond motifs is 1. The van der Waals surface area contributed by atoms with E-state index in [-0.39, 0.29) is 43.1 Å². The summed E-state index contributed by atoms with van der Waals surface area (Å²) in [5, 5.41) is 0. The molecule has 3 aliphatic rings. The number of likely N-dealkylation sites (tertiary alicyclic amines) is 1. The fourth-order valence-electron chi connectivity index (χ4n) is 4.78. The van der Waals surface area contributed by atoms with E-state index in [0.29, 0.717) is 23.8 Å². The largest absolute Gasteiger partial charge is 0.511 e. The van der Waals surface area contributed by atoms with Crippen molar-refractivity contribution in [2.24, 2.45) is 17.6 Å². The van der Waals surface area contributed by atoms with Gasteiger partial charge in [-0.25, -0.2) is 17.2 Å². The van der Waals surface area contributed by atoms with Crippen LogP contribution in [0.4, 0.5) is 22.0 Å². The van der Waals surface area contributed by atoms with E-state index in [1.165, 1.54) is 0 Å². The van der Waals surface area contributed by atoms with Gasteiger partial charge in [0, 0.05) is 43.8 Å². The Kier molecular flexibility index (Phi) is 5.59. The molecule has 3 aliphatic heterocycles. The summed E-state index contributed by atoms with van der Waals surface area (Å²) in [5.74, 6) is -1.58. The number of nitrogens with zero attached hydrogens (tertiary/aromatic N) is 2. The van der Waals surface area contributed by atoms with Gasteiger partial charge in [-0.2, -0.15) is 17.5 Å². The summed E-state index contributed by atoms with van der Waals surface area (Å²) in [4.78, 5) is 2.05. The van der Waals surface area contributed by atoms with E-state index in [1.54, 1.807) is 0 Å². The van der Waals surface area contributed by atoms with Crippen LogP contribution in [0, 0.1) is 23.5 Å². The van der Waals surface area contributed by atoms with Crippen LogP contribution in [-0.2, 0) is 14.8 Å². The summed E-state index contributed by atoms with van der Waals surface area (Å²) in [6.45, 7) is 0.764. The standard InChI is InChI=1S/C18H22F5N3O3S/c19-12-1-2-15(20)14(3-12)17-16(24)4-13(9-29-17)25-5-10-7-26(8-11(10)6-25)30(27,28)18(21,22)23/h1-3,10-11,13,16-17H,4-9,24H2/t10?,11?,13-,16+,17-/m1/s1. The topological polar surface area (TPSA) is 75.9 Å². The van der Waals surface area contributed by atoms with Crippen molar-refractivity contribution in [3.63, 3.8) is 0 Å². The van der Waals surface area contributed by atoms with Gasteiger partial charge in [0.2, 0.25) is 0 Å². The molecule has 0 saturated carbocycles. The molecule has 0 aromatic heterocycles. The van der Waals surface area contributed by atoms with Gasteiger partial charge in [0.15, 0.2) is 0 Å². The maximum atomic E-state index is 14.1. The van der Waals surface area contributed by atoms with E-state index in [4.69, 9.17) is 10.5 Å². The van der Waals surface area contributed by atoms with E-state index >= 15 is 0 Å². The summed E-state index contributed by atoms with van der Waals surface area (Å²) in [5.41, 5.74) is 0.945. The monoisotopic (exact) mass is 455 g/mol. The molecule has 2 unspecified atom stereocenters. The minimum absolute atomic E-state index is 0.0623. The normalized spacial score (nSPS) is 33.7. The minimum Gasteiger partial charge on any atom is -0.370 e. The molecule has 6 nitrogen and oxygen atoms in total. The first-order chi connectivity index (χ1) is 14.0. The molecular formula is C18H22F5N3O3S. The quantitative estimate of drug-likeness (QED) is 0.704. The summed E-state index contributed by atoms with van der Waals surface area (Å²) in [7, 11) is -5.31. The first kappa shape index (κ1) is 21.9. The third-order valence-electron chi connectivity index (χ3n) is 6.30. The van der Waals surface area contributed by atoms with Crippen LogP contribution in [0.2, 0.25) is 0 Å². The van der Waals surface area contributed by atoms with Gasteiger partial charge < -0.3 is 10.5 Å². The van der Waals surface area contributed by atoms with Crippen molar-refractivity contribution in [3.05, 3.63) is 35.4 Å². The number of hydrogen-bond acceptors (Lipinski definition) is 5. The first-order valence-corrected chi connectivity index (χ1v) is 11.0. The maximum Gasteiger partial charge on any atom is 0.511 e. The summed E-state index contributed by atoms with van der Waals surface area (Å²) in [6, 6.07) is 2.40. The average molecular weight is 455 g/mol. The Balaban J connectivity index is 1.37. The van der Waals surface area contributed by atoms with Crippen molar-refractivity contribution in [2.75, 3.05) is 32.8 Å². The fourth-order valence-corrected chi connectivity index (χ4v) is 5.85. The lowest BCUT2D eigenvalue weighted by Crippen LogP contribution is -2.49. The predicted molar refractivity (Wildman–Crippen MR) is 96.5 cm³/mol. The highest BCUT2D eigenvalue weighted by Gasteiger charge is 2.55. The van der Waals surface area contributed by atoms with Gasteiger partial charge in [-0.05, 0) is 36.5 Å². The van der Waals surface area contributed by atoms with Crippen LogP contribution in [0.5, 0.6) is 0 Å². The number of hydrogen-bond donors (Lipinski definition) is 1. The molecule has 1 aromatic carbocycles. The van der Waals surface area contributed by atoms with Crippen molar-refractivity contribution in [1.29, 1.82) is 0 Å². The van der Waals surface area contributed by atoms with Gasteiger partial charge in [0.05, 0.1) is 6.61 Å². The van der Waals surface area contributed by atoms with Gasteiger partial charge >= 0.3 is 15.5 Å². The molecule has 2 N–H and O–H groups in total. The average Bonchev–Trinajstić information content (AvgIpc) is 3.22. The molecule has 0 spiro atoms. The molecule has 5 atom stereocenters. The molecule has 0 aliphatic carbocycles. The molecule has 0 bridgehead atoms. The third kappa shape index (κ3) is 3.83. The third-order valence-corrected chi connectivity index (χ3v) is 7.86. The van der Waals surface area contributed by atoms with Gasteiger partial charge in [0.1, 0.15) is 17.7 Å². The van der Waals surface area contributed by atoms with E-state index in [1.807, 2.05) is 4.90 Å². The SMILES string of the molecule is N[C@H]1C[C@@H](N2CC3CN(S(=O)(=O)C(F)(F)F)CC3C2)CO[C@@H]1c1cc(F)ccc1F. The van der Waals surface area contributed by atoms with Crippen molar-refractivity contribution >= 4 is 10.0 Å². The zero-order valence-electron chi connectivity index (χ0n) is 15.9. The lowest BCUT2D eigenvalue weighted by Gasteiger charge is -2.39. The number of sulfonamides is 1. The molecule has 0 amide bonds. The Morgan fingerprint density at radius 2 is 1.70 bits per heavy atom. The van der Waals surface area contributed by atoms with Crippen LogP contribution in [0.25, 0.3) is 0 Å². The highest BCUT2D eigenvalue weighted by molar-refractivity contribution is 7.90. The van der Waals surface area contributed by atoms with E-state index in [9.17, 15) is 30.4 Å². The molecular weight excluding hydrogens is 433 g/mol. The number of rotatable bonds is 3. The van der Waals surface area contributed by atoms with Crippen molar-refractivity contribution in [3.8, 4) is 0 Å². The minimum atomic E-state index is -5.31. The Labute approximate surface area is 170 Å². The van der Waals surface area contributed by atoms with Crippen molar-refractivity contribution in [1.82, 2.24) is 9.21 Å². The summed E-state index contributed by atoms with van der Waals surface area (Å²) < 4.78 is 95.4. The smallest absolute Gasteiger partial charge is 0.370 e. The molecule has 3 fully saturated rings. The highest BCUT2D eigenvalue weighted by Crippen LogP contribution is 2.39. The van der Waals surface area contributed by atoms with Crippen LogP contribution >= 0.6 is 0 Å². The molecule has 12 heteroatoms. The number of benzene rings is 1. The van der Waals surface area contributed by atoms with E-state index in [2.05, 4.69) is 0 Å². The van der Waals surface area contributed by atoms with Crippen LogP contribution in [0.3, 0.4) is 0 Å². The molecule has 168 valence electrons. The summed E-state index contributed by atoms with van der Waals surface area (Å²) in [6.07, 6.45) is -0.337. The molecule has 30 heavy (non-hydrogen) atoms. The van der Waals surface area contributed by atoms with Gasteiger partial charge in [-0.3, -0.25) is 4.90 Å². The van der Waals surface area contributed by atoms with Gasteiger partial charge in [0.25, 0.3) is 0 Å². The number of alkyl halides is 3. The Bertz CT molecular complexity index is 899. The second kappa shape index (κ2) is 7.66. The van der Waals surface area contributed by atoms with Crippen LogP contribution in [0.15, 0.2) is 18.2 Å². The first-order valence-electron chi connectivity index (χ1n) is 9.60. The highest BCUT2D eigenvalue weighted by atomic mass is 32.2. The molecule has 0 radical (unpaired) electrons. The van der Waals surface area contributed by atoms with E-state index < -0.39 is 39.3 Å². The zero-order valence-corrected chi connectivity index (χ0v) is 16.7. The molecule has 1 aromatic rings. The lowest BCUT2D eigenvalue weighted by atomic mass is 9.93. The summed E-state index contributed by atoms with van der Waals surface area (Å²) >= 11 is 0. The van der Waals surface area contributed by atoms with Crippen molar-refractivity contribution in [2.45, 2.75) is 30.1 Å². The second-order valence-electron chi connectivity index (χ2n) is 8.21. The second-order valence-corrected chi connectivity index (χ2v) is 10.1. The lowest BCUT2D eigenvalue weighted by molar-refractivity contribution is -0.0508. The van der Waals surface area contributed by atoms with Gasteiger partial charge in [-0.1, -0.05) is 0 Å². The molecule has 3 heterocycles. The number of nitrogens with two attached hydrogens (primary N) is 1. The Morgan fingerprint density at radius 3 is 2.27 bits per heavy atom. The number of halogens is 5. The maximum absolute atomic E-state index is 14.1. The number of ether oxygens (including phenoxy) is 1. The Hall–Kier alpha value is -1.34.